The van der Waals surface area contributed by atoms with Crippen molar-refractivity contribution in [2.24, 2.45) is 11.5 Å². The molecule has 0 aliphatic carbocycles. The van der Waals surface area contributed by atoms with Gasteiger partial charge in [0, 0.05) is 78.3 Å². The smallest absolute Gasteiger partial charge is 0.218 e. The SMILES string of the molecule is NC(=O)CCN1CCNCCN(CCC(N)=O)CCNCC1. The molecule has 22 heavy (non-hydrogen) atoms. The molecule has 1 rings (SSSR count). The van der Waals surface area contributed by atoms with Crippen molar-refractivity contribution in [3.05, 3.63) is 0 Å². The van der Waals surface area contributed by atoms with Gasteiger partial charge in [-0.2, -0.15) is 0 Å². The number of rotatable bonds is 6. The number of carbonyl (C=O) groups excluding carboxylic acids is 2. The Labute approximate surface area is 132 Å². The molecule has 0 saturated carbocycles. The third-order valence-electron chi connectivity index (χ3n) is 3.77. The zero-order chi connectivity index (χ0) is 16.2. The maximum atomic E-state index is 10.9. The Morgan fingerprint density at radius 1 is 0.727 bits per heavy atom. The number of primary amides is 2. The number of carbonyl (C=O) groups is 2. The number of amides is 2. The first-order chi connectivity index (χ1) is 10.6. The van der Waals surface area contributed by atoms with Crippen LogP contribution in [0.4, 0.5) is 0 Å². The highest BCUT2D eigenvalue weighted by Crippen LogP contribution is 1.93. The molecular formula is C14H30N6O2. The molecule has 1 heterocycles. The summed E-state index contributed by atoms with van der Waals surface area (Å²) in [5, 5.41) is 6.80. The lowest BCUT2D eigenvalue weighted by Gasteiger charge is -2.26. The number of hydrogen-bond donors (Lipinski definition) is 4. The Morgan fingerprint density at radius 3 is 1.32 bits per heavy atom. The average molecular weight is 314 g/mol. The topological polar surface area (TPSA) is 117 Å². The first-order valence-electron chi connectivity index (χ1n) is 8.00. The first-order valence-corrected chi connectivity index (χ1v) is 8.00. The van der Waals surface area contributed by atoms with Gasteiger partial charge in [0.15, 0.2) is 0 Å². The van der Waals surface area contributed by atoms with E-state index in [1.54, 1.807) is 0 Å². The normalized spacial score (nSPS) is 20.0. The van der Waals surface area contributed by atoms with Crippen molar-refractivity contribution in [3.8, 4) is 0 Å². The van der Waals surface area contributed by atoms with E-state index in [1.165, 1.54) is 0 Å². The molecular weight excluding hydrogens is 284 g/mol. The quantitative estimate of drug-likeness (QED) is 0.432. The van der Waals surface area contributed by atoms with Crippen LogP contribution in [0.3, 0.4) is 0 Å². The van der Waals surface area contributed by atoms with Gasteiger partial charge < -0.3 is 31.9 Å². The van der Waals surface area contributed by atoms with E-state index in [-0.39, 0.29) is 11.8 Å². The molecule has 0 spiro atoms. The Hall–Kier alpha value is -1.22. The Kier molecular flexibility index (Phi) is 9.72. The van der Waals surface area contributed by atoms with Gasteiger partial charge in [-0.15, -0.1) is 0 Å². The lowest BCUT2D eigenvalue weighted by Crippen LogP contribution is -2.44. The van der Waals surface area contributed by atoms with Crippen molar-refractivity contribution >= 4 is 11.8 Å². The van der Waals surface area contributed by atoms with Crippen molar-refractivity contribution in [2.75, 3.05) is 65.4 Å². The van der Waals surface area contributed by atoms with Crippen LogP contribution in [0.25, 0.3) is 0 Å². The van der Waals surface area contributed by atoms with Crippen LogP contribution in [0.2, 0.25) is 0 Å². The first kappa shape index (κ1) is 18.8. The van der Waals surface area contributed by atoms with Gasteiger partial charge in [0.1, 0.15) is 0 Å². The number of nitrogens with one attached hydrogen (secondary N) is 2. The molecule has 6 N–H and O–H groups in total. The second kappa shape index (κ2) is 11.4. The van der Waals surface area contributed by atoms with Crippen molar-refractivity contribution in [3.63, 3.8) is 0 Å². The lowest BCUT2D eigenvalue weighted by atomic mass is 10.3. The molecule has 1 aliphatic rings. The lowest BCUT2D eigenvalue weighted by molar-refractivity contribution is -0.119. The van der Waals surface area contributed by atoms with Crippen LogP contribution in [-0.2, 0) is 9.59 Å². The second-order valence-electron chi connectivity index (χ2n) is 5.62. The molecule has 1 fully saturated rings. The molecule has 0 aromatic rings. The van der Waals surface area contributed by atoms with Crippen LogP contribution >= 0.6 is 0 Å². The van der Waals surface area contributed by atoms with Gasteiger partial charge in [-0.05, 0) is 0 Å². The largest absolute Gasteiger partial charge is 0.370 e. The highest BCUT2D eigenvalue weighted by molar-refractivity contribution is 5.74. The van der Waals surface area contributed by atoms with Crippen molar-refractivity contribution in [1.29, 1.82) is 0 Å². The van der Waals surface area contributed by atoms with Gasteiger partial charge in [-0.3, -0.25) is 9.59 Å². The van der Waals surface area contributed by atoms with Gasteiger partial charge in [0.2, 0.25) is 11.8 Å². The maximum Gasteiger partial charge on any atom is 0.218 e. The van der Waals surface area contributed by atoms with Crippen LogP contribution in [0.5, 0.6) is 0 Å². The minimum atomic E-state index is -0.253. The third-order valence-corrected chi connectivity index (χ3v) is 3.77. The summed E-state index contributed by atoms with van der Waals surface area (Å²) in [6.45, 7) is 8.53. The van der Waals surface area contributed by atoms with Gasteiger partial charge in [0.05, 0.1) is 0 Å². The summed E-state index contributed by atoms with van der Waals surface area (Å²) in [6.07, 6.45) is 0.807. The summed E-state index contributed by atoms with van der Waals surface area (Å²) >= 11 is 0. The standard InChI is InChI=1S/C14H30N6O2/c15-13(21)1-7-19-9-3-17-5-11-20(8-2-14(16)22)12-6-18-4-10-19/h17-18H,1-12H2,(H2,15,21)(H2,16,22). The molecule has 1 saturated heterocycles. The number of nitrogens with two attached hydrogens (primary N) is 2. The van der Waals surface area contributed by atoms with E-state index in [0.717, 1.165) is 52.4 Å². The Balaban J connectivity index is 2.32. The van der Waals surface area contributed by atoms with E-state index >= 15 is 0 Å². The third kappa shape index (κ3) is 9.67. The molecule has 128 valence electrons. The minimum Gasteiger partial charge on any atom is -0.370 e. The van der Waals surface area contributed by atoms with E-state index in [9.17, 15) is 9.59 Å². The highest BCUT2D eigenvalue weighted by atomic mass is 16.1. The summed E-state index contributed by atoms with van der Waals surface area (Å²) in [5.41, 5.74) is 10.4. The van der Waals surface area contributed by atoms with Crippen LogP contribution < -0.4 is 22.1 Å². The van der Waals surface area contributed by atoms with E-state index in [0.29, 0.717) is 25.9 Å². The van der Waals surface area contributed by atoms with Crippen LogP contribution in [0, 0.1) is 0 Å². The van der Waals surface area contributed by atoms with Gasteiger partial charge in [0.25, 0.3) is 0 Å². The predicted molar refractivity (Wildman–Crippen MR) is 86.2 cm³/mol. The molecule has 0 atom stereocenters. The van der Waals surface area contributed by atoms with Crippen LogP contribution in [0.1, 0.15) is 12.8 Å². The van der Waals surface area contributed by atoms with Crippen molar-refractivity contribution < 1.29 is 9.59 Å². The van der Waals surface area contributed by atoms with Crippen molar-refractivity contribution in [2.45, 2.75) is 12.8 Å². The summed E-state index contributed by atoms with van der Waals surface area (Å²) in [5.74, 6) is -0.505. The van der Waals surface area contributed by atoms with Gasteiger partial charge in [-0.1, -0.05) is 0 Å². The molecule has 8 heteroatoms. The fourth-order valence-electron chi connectivity index (χ4n) is 2.41. The summed E-state index contributed by atoms with van der Waals surface area (Å²) in [7, 11) is 0. The average Bonchev–Trinajstić information content (AvgIpc) is 2.45. The molecule has 8 nitrogen and oxygen atoms in total. The summed E-state index contributed by atoms with van der Waals surface area (Å²) in [4.78, 5) is 26.3. The van der Waals surface area contributed by atoms with E-state index in [2.05, 4.69) is 20.4 Å². The van der Waals surface area contributed by atoms with Gasteiger partial charge in [-0.25, -0.2) is 0 Å². The molecule has 1 aliphatic heterocycles. The number of nitrogens with zero attached hydrogens (tertiary/aromatic N) is 2. The monoisotopic (exact) mass is 314 g/mol. The highest BCUT2D eigenvalue weighted by Gasteiger charge is 2.10. The molecule has 0 radical (unpaired) electrons. The maximum absolute atomic E-state index is 10.9. The molecule has 0 bridgehead atoms. The summed E-state index contributed by atoms with van der Waals surface area (Å²) in [6, 6.07) is 0. The van der Waals surface area contributed by atoms with Crippen LogP contribution in [0.15, 0.2) is 0 Å². The van der Waals surface area contributed by atoms with Crippen molar-refractivity contribution in [1.82, 2.24) is 20.4 Å². The zero-order valence-corrected chi connectivity index (χ0v) is 13.4. The van der Waals surface area contributed by atoms with E-state index in [1.807, 2.05) is 0 Å². The van der Waals surface area contributed by atoms with E-state index in [4.69, 9.17) is 11.5 Å². The molecule has 0 aromatic carbocycles. The van der Waals surface area contributed by atoms with Gasteiger partial charge >= 0.3 is 0 Å². The molecule has 0 unspecified atom stereocenters. The second-order valence-corrected chi connectivity index (χ2v) is 5.62. The zero-order valence-electron chi connectivity index (χ0n) is 13.4. The number of hydrogen-bond acceptors (Lipinski definition) is 6. The molecule has 2 amide bonds. The fraction of sp³-hybridized carbons (Fsp3) is 0.857. The fourth-order valence-corrected chi connectivity index (χ4v) is 2.41. The van der Waals surface area contributed by atoms with Crippen LogP contribution in [-0.4, -0.2) is 87.1 Å². The Bertz CT molecular complexity index is 295. The Morgan fingerprint density at radius 2 is 1.05 bits per heavy atom. The molecule has 0 aromatic heterocycles. The minimum absolute atomic E-state index is 0.253. The summed E-state index contributed by atoms with van der Waals surface area (Å²) < 4.78 is 0. The van der Waals surface area contributed by atoms with E-state index < -0.39 is 0 Å². The predicted octanol–water partition coefficient (Wildman–Crippen LogP) is -2.47.